The van der Waals surface area contributed by atoms with Gasteiger partial charge in [0.15, 0.2) is 0 Å². The number of aromatic hydroxyl groups is 1. The quantitative estimate of drug-likeness (QED) is 0.455. The second kappa shape index (κ2) is 4.38. The van der Waals surface area contributed by atoms with Crippen LogP contribution in [-0.4, -0.2) is 5.11 Å². The monoisotopic (exact) mass is 211 g/mol. The third-order valence-corrected chi connectivity index (χ3v) is 2.23. The molecule has 16 heavy (non-hydrogen) atoms. The van der Waals surface area contributed by atoms with E-state index in [-0.39, 0.29) is 5.75 Å². The van der Waals surface area contributed by atoms with E-state index >= 15 is 0 Å². The van der Waals surface area contributed by atoms with Crippen molar-refractivity contribution in [3.63, 3.8) is 0 Å². The third-order valence-electron chi connectivity index (χ3n) is 2.23. The van der Waals surface area contributed by atoms with Gasteiger partial charge < -0.3 is 5.11 Å². The Morgan fingerprint density at radius 2 is 1.38 bits per heavy atom. The van der Waals surface area contributed by atoms with E-state index < -0.39 is 0 Å². The smallest absolute Gasteiger partial charge is 0.115 e. The average molecular weight is 211 g/mol. The van der Waals surface area contributed by atoms with Crippen molar-refractivity contribution in [3.05, 3.63) is 59.0 Å². The molecule has 0 saturated carbocycles. The van der Waals surface area contributed by atoms with Crippen LogP contribution in [0.1, 0.15) is 0 Å². The van der Waals surface area contributed by atoms with Gasteiger partial charge >= 0.3 is 0 Å². The zero-order chi connectivity index (χ0) is 11.4. The van der Waals surface area contributed by atoms with E-state index in [0.717, 1.165) is 11.1 Å². The minimum Gasteiger partial charge on any atom is -0.508 e. The highest BCUT2D eigenvalue weighted by Crippen LogP contribution is 2.24. The molecule has 0 aliphatic carbocycles. The third kappa shape index (κ3) is 2.13. The van der Waals surface area contributed by atoms with Crippen LogP contribution in [0, 0.1) is 0 Å². The number of hydrogen-bond donors (Lipinski definition) is 1. The van der Waals surface area contributed by atoms with Crippen molar-refractivity contribution < 1.29 is 5.11 Å². The zero-order valence-corrected chi connectivity index (χ0v) is 8.41. The van der Waals surface area contributed by atoms with Crippen LogP contribution in [0.5, 0.6) is 5.75 Å². The molecule has 0 spiro atoms. The van der Waals surface area contributed by atoms with Gasteiger partial charge in [0.2, 0.25) is 0 Å². The van der Waals surface area contributed by atoms with Gasteiger partial charge in [-0.2, -0.15) is 0 Å². The van der Waals surface area contributed by atoms with Crippen LogP contribution < -0.4 is 0 Å². The highest BCUT2D eigenvalue weighted by Gasteiger charge is 1.97. The van der Waals surface area contributed by atoms with Crippen molar-refractivity contribution >= 4 is 5.69 Å². The van der Waals surface area contributed by atoms with E-state index in [2.05, 4.69) is 10.0 Å². The highest BCUT2D eigenvalue weighted by molar-refractivity contribution is 5.65. The van der Waals surface area contributed by atoms with E-state index in [1.165, 1.54) is 0 Å². The van der Waals surface area contributed by atoms with E-state index in [1.807, 2.05) is 24.3 Å². The predicted molar refractivity (Wildman–Crippen MR) is 62.3 cm³/mol. The Kier molecular flexibility index (Phi) is 2.76. The van der Waals surface area contributed by atoms with E-state index in [1.54, 1.807) is 24.3 Å². The molecule has 0 saturated heterocycles. The minimum atomic E-state index is 0.245. The van der Waals surface area contributed by atoms with Crippen LogP contribution in [0.3, 0.4) is 0 Å². The molecule has 4 heteroatoms. The summed E-state index contributed by atoms with van der Waals surface area (Å²) in [5, 5.41) is 12.7. The lowest BCUT2D eigenvalue weighted by Crippen LogP contribution is -1.75. The fourth-order valence-corrected chi connectivity index (χ4v) is 1.43. The summed E-state index contributed by atoms with van der Waals surface area (Å²) in [4.78, 5) is 2.71. The number of nitrogens with zero attached hydrogens (tertiary/aromatic N) is 3. The van der Waals surface area contributed by atoms with Gasteiger partial charge in [-0.15, -0.1) is 0 Å². The molecule has 0 heterocycles. The summed E-state index contributed by atoms with van der Waals surface area (Å²) < 4.78 is 0. The molecular formula is C12H9N3O. The molecule has 0 bridgehead atoms. The lowest BCUT2D eigenvalue weighted by molar-refractivity contribution is 0.475. The van der Waals surface area contributed by atoms with Crippen molar-refractivity contribution in [2.45, 2.75) is 0 Å². The molecule has 0 unspecified atom stereocenters. The molecule has 1 N–H and O–H groups in total. The van der Waals surface area contributed by atoms with Gasteiger partial charge in [-0.1, -0.05) is 41.5 Å². The number of phenols is 1. The lowest BCUT2D eigenvalue weighted by atomic mass is 10.1. The average Bonchev–Trinajstić information content (AvgIpc) is 2.32. The van der Waals surface area contributed by atoms with Crippen molar-refractivity contribution in [1.29, 1.82) is 0 Å². The topological polar surface area (TPSA) is 69.0 Å². The summed E-state index contributed by atoms with van der Waals surface area (Å²) in [5.74, 6) is 0.245. The maximum atomic E-state index is 9.16. The van der Waals surface area contributed by atoms with Gasteiger partial charge in [0.05, 0.1) is 0 Å². The minimum absolute atomic E-state index is 0.245. The van der Waals surface area contributed by atoms with Gasteiger partial charge in [0.25, 0.3) is 0 Å². The Balaban J connectivity index is 2.34. The molecule has 0 aliphatic rings. The fourth-order valence-electron chi connectivity index (χ4n) is 1.43. The summed E-state index contributed by atoms with van der Waals surface area (Å²) in [6, 6.07) is 14.2. The predicted octanol–water partition coefficient (Wildman–Crippen LogP) is 4.00. The SMILES string of the molecule is [N-]=[N+]=Nc1ccc(-c2ccc(O)cc2)cc1. The standard InChI is InChI=1S/C12H9N3O/c13-15-14-11-5-1-9(2-6-11)10-3-7-12(16)8-4-10/h1-8,16H. The highest BCUT2D eigenvalue weighted by atomic mass is 16.3. The van der Waals surface area contributed by atoms with Crippen LogP contribution in [0.2, 0.25) is 0 Å². The summed E-state index contributed by atoms with van der Waals surface area (Å²) in [7, 11) is 0. The molecule has 0 amide bonds. The van der Waals surface area contributed by atoms with Gasteiger partial charge in [-0.3, -0.25) is 0 Å². The molecule has 78 valence electrons. The van der Waals surface area contributed by atoms with Crippen molar-refractivity contribution in [1.82, 2.24) is 0 Å². The Bertz CT molecular complexity index is 525. The summed E-state index contributed by atoms with van der Waals surface area (Å²) in [6.07, 6.45) is 0. The Morgan fingerprint density at radius 3 is 1.88 bits per heavy atom. The summed E-state index contributed by atoms with van der Waals surface area (Å²) in [6.45, 7) is 0. The van der Waals surface area contributed by atoms with Gasteiger partial charge in [0, 0.05) is 10.6 Å². The van der Waals surface area contributed by atoms with Gasteiger partial charge in [-0.05, 0) is 28.8 Å². The van der Waals surface area contributed by atoms with E-state index in [0.29, 0.717) is 5.69 Å². The number of hydrogen-bond acceptors (Lipinski definition) is 2. The molecule has 2 aromatic rings. The molecule has 4 nitrogen and oxygen atoms in total. The number of benzene rings is 2. The Hall–Kier alpha value is -2.45. The van der Waals surface area contributed by atoms with Crippen LogP contribution >= 0.6 is 0 Å². The zero-order valence-electron chi connectivity index (χ0n) is 8.41. The van der Waals surface area contributed by atoms with Crippen LogP contribution in [0.25, 0.3) is 21.6 Å². The Morgan fingerprint density at radius 1 is 0.875 bits per heavy atom. The first kappa shape index (κ1) is 10.1. The van der Waals surface area contributed by atoms with Crippen molar-refractivity contribution in [2.24, 2.45) is 5.11 Å². The largest absolute Gasteiger partial charge is 0.508 e. The molecular weight excluding hydrogens is 202 g/mol. The number of azide groups is 1. The Labute approximate surface area is 92.4 Å². The van der Waals surface area contributed by atoms with Gasteiger partial charge in [-0.25, -0.2) is 0 Å². The van der Waals surface area contributed by atoms with Crippen LogP contribution in [0.15, 0.2) is 53.6 Å². The molecule has 0 atom stereocenters. The van der Waals surface area contributed by atoms with E-state index in [9.17, 15) is 0 Å². The summed E-state index contributed by atoms with van der Waals surface area (Å²) in [5.41, 5.74) is 10.9. The van der Waals surface area contributed by atoms with Crippen molar-refractivity contribution in [2.75, 3.05) is 0 Å². The first-order valence-electron chi connectivity index (χ1n) is 4.74. The molecule has 0 fully saturated rings. The lowest BCUT2D eigenvalue weighted by Gasteiger charge is -2.01. The van der Waals surface area contributed by atoms with Crippen LogP contribution in [0.4, 0.5) is 5.69 Å². The second-order valence-corrected chi connectivity index (χ2v) is 3.28. The number of rotatable bonds is 2. The molecule has 0 aliphatic heterocycles. The normalized spacial score (nSPS) is 9.50. The molecule has 2 aromatic carbocycles. The second-order valence-electron chi connectivity index (χ2n) is 3.28. The summed E-state index contributed by atoms with van der Waals surface area (Å²) >= 11 is 0. The molecule has 0 radical (unpaired) electrons. The fraction of sp³-hybridized carbons (Fsp3) is 0. The number of phenolic OH excluding ortho intramolecular Hbond substituents is 1. The molecule has 2 rings (SSSR count). The van der Waals surface area contributed by atoms with Crippen LogP contribution in [-0.2, 0) is 0 Å². The van der Waals surface area contributed by atoms with Gasteiger partial charge in [0.1, 0.15) is 5.75 Å². The maximum absolute atomic E-state index is 9.16. The first-order chi connectivity index (χ1) is 7.79. The van der Waals surface area contributed by atoms with Crippen molar-refractivity contribution in [3.8, 4) is 16.9 Å². The van der Waals surface area contributed by atoms with E-state index in [4.69, 9.17) is 10.6 Å². The maximum Gasteiger partial charge on any atom is 0.115 e. The first-order valence-corrected chi connectivity index (χ1v) is 4.74. The molecule has 0 aromatic heterocycles.